The molecule has 2 aromatic rings. The summed E-state index contributed by atoms with van der Waals surface area (Å²) in [7, 11) is 3.45. The first kappa shape index (κ1) is 18.9. The second-order valence-corrected chi connectivity index (χ2v) is 6.62. The lowest BCUT2D eigenvalue weighted by atomic mass is 10.2. The van der Waals surface area contributed by atoms with Crippen molar-refractivity contribution in [2.24, 2.45) is 0 Å². The molecule has 1 aromatic heterocycles. The Morgan fingerprint density at radius 1 is 1.28 bits per heavy atom. The van der Waals surface area contributed by atoms with E-state index in [1.54, 1.807) is 7.11 Å². The van der Waals surface area contributed by atoms with Gasteiger partial charge in [-0.3, -0.25) is 25.3 Å². The van der Waals surface area contributed by atoms with Crippen molar-refractivity contribution >= 4 is 23.2 Å². The number of carbonyl (C=O) groups excluding carboxylic acids is 2. The van der Waals surface area contributed by atoms with Gasteiger partial charge in [-0.05, 0) is 31.7 Å². The van der Waals surface area contributed by atoms with Gasteiger partial charge in [0.25, 0.3) is 5.91 Å². The first-order valence-electron chi connectivity index (χ1n) is 7.76. The van der Waals surface area contributed by atoms with Gasteiger partial charge >= 0.3 is 0 Å². The van der Waals surface area contributed by atoms with Gasteiger partial charge in [-0.2, -0.15) is 0 Å². The Balaban J connectivity index is 1.72. The van der Waals surface area contributed by atoms with E-state index in [0.717, 1.165) is 22.0 Å². The van der Waals surface area contributed by atoms with Crippen LogP contribution in [0.5, 0.6) is 5.75 Å². The minimum atomic E-state index is -0.293. The highest BCUT2D eigenvalue weighted by Crippen LogP contribution is 2.13. The van der Waals surface area contributed by atoms with E-state index in [4.69, 9.17) is 4.74 Å². The second-order valence-electron chi connectivity index (χ2n) is 5.68. The number of benzene rings is 1. The molecular weight excluding hydrogens is 340 g/mol. The van der Waals surface area contributed by atoms with Gasteiger partial charge in [-0.1, -0.05) is 12.1 Å². The zero-order valence-corrected chi connectivity index (χ0v) is 15.4. The van der Waals surface area contributed by atoms with Crippen LogP contribution in [-0.2, 0) is 22.6 Å². The SMILES string of the molecule is COc1cccc(CN(C)CC(=O)NNC(=O)Cc2nc(C)cs2)c1. The Bertz CT molecular complexity index is 732. The second kappa shape index (κ2) is 9.14. The van der Waals surface area contributed by atoms with Crippen molar-refractivity contribution in [3.05, 3.63) is 45.9 Å². The van der Waals surface area contributed by atoms with Crippen LogP contribution in [0.15, 0.2) is 29.6 Å². The Morgan fingerprint density at radius 2 is 2.04 bits per heavy atom. The van der Waals surface area contributed by atoms with Gasteiger partial charge < -0.3 is 4.74 Å². The summed E-state index contributed by atoms with van der Waals surface area (Å²) < 4.78 is 5.18. The molecule has 0 aliphatic carbocycles. The van der Waals surface area contributed by atoms with Gasteiger partial charge in [-0.15, -0.1) is 11.3 Å². The fourth-order valence-corrected chi connectivity index (χ4v) is 3.00. The molecule has 1 heterocycles. The van der Waals surface area contributed by atoms with Crippen LogP contribution in [0.2, 0.25) is 0 Å². The highest BCUT2D eigenvalue weighted by Gasteiger charge is 2.10. The van der Waals surface area contributed by atoms with Crippen LogP contribution in [0.1, 0.15) is 16.3 Å². The summed E-state index contributed by atoms with van der Waals surface area (Å²) in [5.74, 6) is 0.201. The van der Waals surface area contributed by atoms with Crippen LogP contribution in [0.3, 0.4) is 0 Å². The molecule has 2 rings (SSSR count). The number of hydrogen-bond acceptors (Lipinski definition) is 6. The molecule has 134 valence electrons. The molecule has 2 N–H and O–H groups in total. The maximum Gasteiger partial charge on any atom is 0.252 e. The lowest BCUT2D eigenvalue weighted by molar-refractivity contribution is -0.129. The molecule has 7 nitrogen and oxygen atoms in total. The van der Waals surface area contributed by atoms with Crippen molar-refractivity contribution in [2.45, 2.75) is 19.9 Å². The molecule has 0 fully saturated rings. The van der Waals surface area contributed by atoms with Gasteiger partial charge in [-0.25, -0.2) is 4.98 Å². The summed E-state index contributed by atoms with van der Waals surface area (Å²) >= 11 is 1.42. The van der Waals surface area contributed by atoms with E-state index >= 15 is 0 Å². The number of nitrogens with one attached hydrogen (secondary N) is 2. The van der Waals surface area contributed by atoms with Crippen molar-refractivity contribution in [3.8, 4) is 5.75 Å². The topological polar surface area (TPSA) is 83.6 Å². The third-order valence-electron chi connectivity index (χ3n) is 3.32. The average molecular weight is 362 g/mol. The summed E-state index contributed by atoms with van der Waals surface area (Å²) in [6.45, 7) is 2.63. The van der Waals surface area contributed by atoms with Crippen LogP contribution < -0.4 is 15.6 Å². The van der Waals surface area contributed by atoms with Crippen molar-refractivity contribution in [1.82, 2.24) is 20.7 Å². The summed E-state index contributed by atoms with van der Waals surface area (Å²) in [6, 6.07) is 7.67. The average Bonchev–Trinajstić information content (AvgIpc) is 2.98. The molecule has 0 spiro atoms. The zero-order valence-electron chi connectivity index (χ0n) is 14.5. The molecule has 25 heavy (non-hydrogen) atoms. The number of amides is 2. The molecule has 0 radical (unpaired) electrons. The lowest BCUT2D eigenvalue weighted by Crippen LogP contribution is -2.46. The first-order chi connectivity index (χ1) is 12.0. The maximum atomic E-state index is 11.9. The van der Waals surface area contributed by atoms with Crippen LogP contribution in [-0.4, -0.2) is 42.4 Å². The number of hydrogen-bond donors (Lipinski definition) is 2. The van der Waals surface area contributed by atoms with Gasteiger partial charge in [0.05, 0.1) is 20.1 Å². The van der Waals surface area contributed by atoms with Crippen LogP contribution in [0.25, 0.3) is 0 Å². The quantitative estimate of drug-likeness (QED) is 0.725. The monoisotopic (exact) mass is 362 g/mol. The van der Waals surface area contributed by atoms with E-state index in [0.29, 0.717) is 6.54 Å². The van der Waals surface area contributed by atoms with Crippen molar-refractivity contribution in [1.29, 1.82) is 0 Å². The number of aromatic nitrogens is 1. The number of ether oxygens (including phenoxy) is 1. The molecule has 0 saturated carbocycles. The Morgan fingerprint density at radius 3 is 2.72 bits per heavy atom. The van der Waals surface area contributed by atoms with Crippen LogP contribution in [0, 0.1) is 6.92 Å². The van der Waals surface area contributed by atoms with E-state index in [1.807, 2.05) is 48.5 Å². The molecule has 0 unspecified atom stereocenters. The molecule has 0 saturated heterocycles. The minimum absolute atomic E-state index is 0.151. The van der Waals surface area contributed by atoms with Gasteiger partial charge in [0, 0.05) is 17.6 Å². The number of likely N-dealkylation sites (N-methyl/N-ethyl adjacent to an activating group) is 1. The molecule has 0 atom stereocenters. The number of hydrazine groups is 1. The summed E-state index contributed by atoms with van der Waals surface area (Å²) in [4.78, 5) is 29.8. The number of nitrogens with zero attached hydrogens (tertiary/aromatic N) is 2. The largest absolute Gasteiger partial charge is 0.497 e. The number of methoxy groups -OCH3 is 1. The lowest BCUT2D eigenvalue weighted by Gasteiger charge is -2.17. The molecule has 0 bridgehead atoms. The normalized spacial score (nSPS) is 10.6. The van der Waals surface area contributed by atoms with Crippen LogP contribution >= 0.6 is 11.3 Å². The van der Waals surface area contributed by atoms with Gasteiger partial charge in [0.2, 0.25) is 5.91 Å². The zero-order chi connectivity index (χ0) is 18.2. The molecule has 1 aromatic carbocycles. The third kappa shape index (κ3) is 6.52. The van der Waals surface area contributed by atoms with Gasteiger partial charge in [0.1, 0.15) is 10.8 Å². The number of carbonyl (C=O) groups is 2. The van der Waals surface area contributed by atoms with Crippen molar-refractivity contribution < 1.29 is 14.3 Å². The van der Waals surface area contributed by atoms with E-state index in [2.05, 4.69) is 15.8 Å². The first-order valence-corrected chi connectivity index (χ1v) is 8.64. The minimum Gasteiger partial charge on any atom is -0.497 e. The molecular formula is C17H22N4O3S. The number of aryl methyl sites for hydroxylation is 1. The molecule has 8 heteroatoms. The summed E-state index contributed by atoms with van der Waals surface area (Å²) in [6.07, 6.45) is 0.151. The van der Waals surface area contributed by atoms with E-state index in [9.17, 15) is 9.59 Å². The Labute approximate surface area is 151 Å². The molecule has 0 aliphatic rings. The van der Waals surface area contributed by atoms with E-state index in [-0.39, 0.29) is 24.8 Å². The summed E-state index contributed by atoms with van der Waals surface area (Å²) in [5.41, 5.74) is 6.75. The maximum absolute atomic E-state index is 11.9. The fraction of sp³-hybridized carbons (Fsp3) is 0.353. The summed E-state index contributed by atoms with van der Waals surface area (Å²) in [5, 5.41) is 2.61. The third-order valence-corrected chi connectivity index (χ3v) is 4.29. The van der Waals surface area contributed by atoms with Gasteiger partial charge in [0.15, 0.2) is 0 Å². The predicted octanol–water partition coefficient (Wildman–Crippen LogP) is 1.28. The Kier molecular flexibility index (Phi) is 6.91. The van der Waals surface area contributed by atoms with E-state index in [1.165, 1.54) is 11.3 Å². The number of rotatable bonds is 7. The predicted molar refractivity (Wildman–Crippen MR) is 96.2 cm³/mol. The van der Waals surface area contributed by atoms with Crippen molar-refractivity contribution in [3.63, 3.8) is 0 Å². The molecule has 2 amide bonds. The Hall–Kier alpha value is -2.45. The number of thiazole rings is 1. The highest BCUT2D eigenvalue weighted by atomic mass is 32.1. The van der Waals surface area contributed by atoms with Crippen LogP contribution in [0.4, 0.5) is 0 Å². The fourth-order valence-electron chi connectivity index (χ4n) is 2.23. The van der Waals surface area contributed by atoms with Crippen molar-refractivity contribution in [2.75, 3.05) is 20.7 Å². The molecule has 0 aliphatic heterocycles. The smallest absolute Gasteiger partial charge is 0.252 e. The highest BCUT2D eigenvalue weighted by molar-refractivity contribution is 7.09. The standard InChI is InChI=1S/C17H22N4O3S/c1-12-11-25-17(18-12)8-15(22)19-20-16(23)10-21(2)9-13-5-4-6-14(7-13)24-3/h4-7,11H,8-10H2,1-3H3,(H,19,22)(H,20,23). The van der Waals surface area contributed by atoms with E-state index < -0.39 is 0 Å².